The van der Waals surface area contributed by atoms with Gasteiger partial charge in [-0.2, -0.15) is 0 Å². The molecule has 6 N–H and O–H groups in total. The van der Waals surface area contributed by atoms with Crippen molar-refractivity contribution in [1.29, 1.82) is 0 Å². The normalized spacial score (nSPS) is 10.5. The molecule has 0 aliphatic carbocycles. The Bertz CT molecular complexity index is 706. The molecule has 0 unspecified atom stereocenters. The van der Waals surface area contributed by atoms with Crippen LogP contribution < -0.4 is 11.5 Å². The lowest BCUT2D eigenvalue weighted by Gasteiger charge is -2.10. The van der Waals surface area contributed by atoms with Gasteiger partial charge >= 0.3 is 11.9 Å². The number of nitrogen functional groups attached to an aromatic ring is 2. The summed E-state index contributed by atoms with van der Waals surface area (Å²) in [6.45, 7) is 0. The zero-order valence-corrected chi connectivity index (χ0v) is 13.2. The first-order valence-electron chi connectivity index (χ1n) is 7.63. The molecule has 24 heavy (non-hydrogen) atoms. The number of nitrogens with two attached hydrogens (primary N) is 2. The van der Waals surface area contributed by atoms with E-state index in [1.54, 1.807) is 12.1 Å². The molecule has 0 aliphatic rings. The lowest BCUT2D eigenvalue weighted by atomic mass is 9.98. The highest BCUT2D eigenvalue weighted by atomic mass is 16.4. The van der Waals surface area contributed by atoms with Gasteiger partial charge < -0.3 is 21.7 Å². The van der Waals surface area contributed by atoms with Crippen molar-refractivity contribution in [2.45, 2.75) is 25.7 Å². The van der Waals surface area contributed by atoms with E-state index in [1.807, 2.05) is 12.1 Å². The van der Waals surface area contributed by atoms with Crippen molar-refractivity contribution < 1.29 is 19.8 Å². The summed E-state index contributed by atoms with van der Waals surface area (Å²) in [7, 11) is 0. The first kappa shape index (κ1) is 17.3. The maximum Gasteiger partial charge on any atom is 0.337 e. The number of unbranched alkanes of at least 4 members (excludes halogenated alkanes) is 1. The van der Waals surface area contributed by atoms with Crippen LogP contribution in [0.1, 0.15) is 44.7 Å². The molecule has 0 amide bonds. The van der Waals surface area contributed by atoms with Crippen LogP contribution in [0.3, 0.4) is 0 Å². The average Bonchev–Trinajstić information content (AvgIpc) is 2.53. The molecule has 2 aromatic rings. The smallest absolute Gasteiger partial charge is 0.337 e. The number of carboxylic acid groups (broad SMARTS) is 2. The molecule has 0 bridgehead atoms. The van der Waals surface area contributed by atoms with Crippen LogP contribution in [-0.2, 0) is 12.8 Å². The van der Waals surface area contributed by atoms with Crippen LogP contribution in [0.5, 0.6) is 0 Å². The number of rotatable bonds is 7. The van der Waals surface area contributed by atoms with E-state index in [0.717, 1.165) is 24.0 Å². The zero-order chi connectivity index (χ0) is 17.7. The SMILES string of the molecule is Nc1c(CCCCc2cccc(C(=O)O)c2N)cccc1C(=O)O. The number of carboxylic acids is 2. The van der Waals surface area contributed by atoms with E-state index in [4.69, 9.17) is 21.7 Å². The molecule has 0 aromatic heterocycles. The lowest BCUT2D eigenvalue weighted by Crippen LogP contribution is -2.06. The standard InChI is InChI=1S/C18H20N2O4/c19-15-11(7-3-9-13(15)17(21)22)5-1-2-6-12-8-4-10-14(16(12)20)18(23)24/h3-4,7-10H,1-2,5-6,19-20H2,(H,21,22)(H,23,24). The third-order valence-corrected chi connectivity index (χ3v) is 4.00. The molecular formula is C18H20N2O4. The second-order valence-corrected chi connectivity index (χ2v) is 5.57. The quantitative estimate of drug-likeness (QED) is 0.457. The Morgan fingerprint density at radius 1 is 0.750 bits per heavy atom. The number of carbonyl (C=O) groups is 2. The summed E-state index contributed by atoms with van der Waals surface area (Å²) in [5.41, 5.74) is 14.2. The lowest BCUT2D eigenvalue weighted by molar-refractivity contribution is 0.0687. The van der Waals surface area contributed by atoms with Gasteiger partial charge in [-0.15, -0.1) is 0 Å². The number of anilines is 2. The van der Waals surface area contributed by atoms with E-state index in [0.29, 0.717) is 24.2 Å². The van der Waals surface area contributed by atoms with Gasteiger partial charge in [-0.1, -0.05) is 24.3 Å². The summed E-state index contributed by atoms with van der Waals surface area (Å²) >= 11 is 0. The molecule has 0 aliphatic heterocycles. The second-order valence-electron chi connectivity index (χ2n) is 5.57. The molecule has 0 radical (unpaired) electrons. The Morgan fingerprint density at radius 2 is 1.12 bits per heavy atom. The fourth-order valence-electron chi connectivity index (χ4n) is 2.67. The van der Waals surface area contributed by atoms with Crippen molar-refractivity contribution in [1.82, 2.24) is 0 Å². The van der Waals surface area contributed by atoms with Gasteiger partial charge in [0, 0.05) is 11.4 Å². The molecule has 0 fully saturated rings. The van der Waals surface area contributed by atoms with E-state index in [2.05, 4.69) is 0 Å². The van der Waals surface area contributed by atoms with Crippen LogP contribution in [0.15, 0.2) is 36.4 Å². The largest absolute Gasteiger partial charge is 0.478 e. The van der Waals surface area contributed by atoms with Crippen molar-refractivity contribution in [3.8, 4) is 0 Å². The summed E-state index contributed by atoms with van der Waals surface area (Å²) < 4.78 is 0. The van der Waals surface area contributed by atoms with Crippen LogP contribution >= 0.6 is 0 Å². The number of aryl methyl sites for hydroxylation is 2. The third kappa shape index (κ3) is 3.84. The molecule has 2 rings (SSSR count). The minimum atomic E-state index is -1.03. The molecule has 0 heterocycles. The highest BCUT2D eigenvalue weighted by Gasteiger charge is 2.12. The molecule has 6 nitrogen and oxygen atoms in total. The van der Waals surface area contributed by atoms with Gasteiger partial charge in [0.05, 0.1) is 11.1 Å². The summed E-state index contributed by atoms with van der Waals surface area (Å²) in [5, 5.41) is 18.1. The maximum atomic E-state index is 11.1. The Labute approximate surface area is 139 Å². The molecule has 0 saturated heterocycles. The molecule has 126 valence electrons. The van der Waals surface area contributed by atoms with Crippen LogP contribution in [0, 0.1) is 0 Å². The van der Waals surface area contributed by atoms with Crippen LogP contribution in [0.25, 0.3) is 0 Å². The third-order valence-electron chi connectivity index (χ3n) is 4.00. The summed E-state index contributed by atoms with van der Waals surface area (Å²) in [4.78, 5) is 22.1. The number of hydrogen-bond donors (Lipinski definition) is 4. The minimum Gasteiger partial charge on any atom is -0.478 e. The predicted octanol–water partition coefficient (Wildman–Crippen LogP) is 2.81. The van der Waals surface area contributed by atoms with Gasteiger partial charge in [0.1, 0.15) is 0 Å². The van der Waals surface area contributed by atoms with E-state index in [9.17, 15) is 9.59 Å². The number of aromatic carboxylic acids is 2. The van der Waals surface area contributed by atoms with Gasteiger partial charge in [-0.25, -0.2) is 9.59 Å². The van der Waals surface area contributed by atoms with Gasteiger partial charge in [-0.3, -0.25) is 0 Å². The maximum absolute atomic E-state index is 11.1. The topological polar surface area (TPSA) is 127 Å². The van der Waals surface area contributed by atoms with E-state index in [1.165, 1.54) is 12.1 Å². The van der Waals surface area contributed by atoms with Crippen LogP contribution in [0.2, 0.25) is 0 Å². The first-order valence-corrected chi connectivity index (χ1v) is 7.63. The monoisotopic (exact) mass is 328 g/mol. The molecular weight excluding hydrogens is 308 g/mol. The molecule has 6 heteroatoms. The van der Waals surface area contributed by atoms with Gasteiger partial charge in [0.25, 0.3) is 0 Å². The van der Waals surface area contributed by atoms with Crippen molar-refractivity contribution in [2.24, 2.45) is 0 Å². The fourth-order valence-corrected chi connectivity index (χ4v) is 2.67. The summed E-state index contributed by atoms with van der Waals surface area (Å²) in [6, 6.07) is 9.98. The van der Waals surface area contributed by atoms with Gasteiger partial charge in [0.2, 0.25) is 0 Å². The second kappa shape index (κ2) is 7.50. The summed E-state index contributed by atoms with van der Waals surface area (Å²) in [5.74, 6) is -2.07. The van der Waals surface area contributed by atoms with Crippen LogP contribution in [-0.4, -0.2) is 22.2 Å². The van der Waals surface area contributed by atoms with E-state index >= 15 is 0 Å². The first-order chi connectivity index (χ1) is 11.4. The van der Waals surface area contributed by atoms with E-state index in [-0.39, 0.29) is 11.1 Å². The summed E-state index contributed by atoms with van der Waals surface area (Å²) in [6.07, 6.45) is 2.91. The Morgan fingerprint density at radius 3 is 1.46 bits per heavy atom. The Hall–Kier alpha value is -3.02. The molecule has 0 atom stereocenters. The molecule has 0 saturated carbocycles. The van der Waals surface area contributed by atoms with Crippen molar-refractivity contribution in [2.75, 3.05) is 11.5 Å². The fraction of sp³-hybridized carbons (Fsp3) is 0.222. The number of para-hydroxylation sites is 2. The van der Waals surface area contributed by atoms with Gasteiger partial charge in [-0.05, 0) is 48.9 Å². The van der Waals surface area contributed by atoms with Gasteiger partial charge in [0.15, 0.2) is 0 Å². The van der Waals surface area contributed by atoms with Crippen molar-refractivity contribution in [3.63, 3.8) is 0 Å². The van der Waals surface area contributed by atoms with Crippen LogP contribution in [0.4, 0.5) is 11.4 Å². The predicted molar refractivity (Wildman–Crippen MR) is 92.3 cm³/mol. The minimum absolute atomic E-state index is 0.117. The average molecular weight is 328 g/mol. The highest BCUT2D eigenvalue weighted by Crippen LogP contribution is 2.22. The number of hydrogen-bond acceptors (Lipinski definition) is 4. The molecule has 2 aromatic carbocycles. The van der Waals surface area contributed by atoms with Crippen molar-refractivity contribution >= 4 is 23.3 Å². The highest BCUT2D eigenvalue weighted by molar-refractivity contribution is 5.94. The number of benzene rings is 2. The Balaban J connectivity index is 1.97. The molecule has 0 spiro atoms. The van der Waals surface area contributed by atoms with Crippen molar-refractivity contribution in [3.05, 3.63) is 58.7 Å². The van der Waals surface area contributed by atoms with E-state index < -0.39 is 11.9 Å². The Kier molecular flexibility index (Phi) is 5.42. The zero-order valence-electron chi connectivity index (χ0n) is 13.2.